The van der Waals surface area contributed by atoms with E-state index in [9.17, 15) is 0 Å². The van der Waals surface area contributed by atoms with E-state index in [4.69, 9.17) is 0 Å². The molecule has 1 aliphatic carbocycles. The van der Waals surface area contributed by atoms with E-state index in [-0.39, 0.29) is 0 Å². The lowest BCUT2D eigenvalue weighted by atomic mass is 9.76. The van der Waals surface area contributed by atoms with Gasteiger partial charge in [-0.2, -0.15) is 0 Å². The summed E-state index contributed by atoms with van der Waals surface area (Å²) in [5, 5.41) is 0. The third kappa shape index (κ3) is 4.00. The number of hydrogen-bond donors (Lipinski definition) is 0. The minimum Gasteiger partial charge on any atom is -0.0991 e. The SMILES string of the molecule is C=C/C=C(\C=C)C1CCCC(C)(C)CCC1. The van der Waals surface area contributed by atoms with E-state index in [2.05, 4.69) is 33.1 Å². The van der Waals surface area contributed by atoms with E-state index in [1.807, 2.05) is 12.2 Å². The molecule has 0 aliphatic heterocycles. The van der Waals surface area contributed by atoms with Crippen molar-refractivity contribution in [2.75, 3.05) is 0 Å². The summed E-state index contributed by atoms with van der Waals surface area (Å²) in [6.45, 7) is 12.5. The predicted octanol–water partition coefficient (Wildman–Crippen LogP) is 5.28. The lowest BCUT2D eigenvalue weighted by Crippen LogP contribution is -2.16. The van der Waals surface area contributed by atoms with Crippen molar-refractivity contribution in [3.8, 4) is 0 Å². The molecule has 0 radical (unpaired) electrons. The monoisotopic (exact) mass is 218 g/mol. The molecule has 1 rings (SSSR count). The van der Waals surface area contributed by atoms with Crippen molar-refractivity contribution in [2.24, 2.45) is 11.3 Å². The molecule has 0 aromatic carbocycles. The highest BCUT2D eigenvalue weighted by Crippen LogP contribution is 2.36. The first-order chi connectivity index (χ1) is 7.59. The summed E-state index contributed by atoms with van der Waals surface area (Å²) in [7, 11) is 0. The first-order valence-electron chi connectivity index (χ1n) is 6.54. The average Bonchev–Trinajstić information content (AvgIpc) is 2.21. The molecule has 0 amide bonds. The fourth-order valence-electron chi connectivity index (χ4n) is 2.76. The van der Waals surface area contributed by atoms with Crippen molar-refractivity contribution in [1.82, 2.24) is 0 Å². The van der Waals surface area contributed by atoms with E-state index >= 15 is 0 Å². The van der Waals surface area contributed by atoms with E-state index in [0.717, 1.165) is 0 Å². The summed E-state index contributed by atoms with van der Waals surface area (Å²) in [4.78, 5) is 0. The lowest BCUT2D eigenvalue weighted by Gasteiger charge is -2.30. The predicted molar refractivity (Wildman–Crippen MR) is 73.5 cm³/mol. The van der Waals surface area contributed by atoms with Crippen LogP contribution in [0.5, 0.6) is 0 Å². The fraction of sp³-hybridized carbons (Fsp3) is 0.625. The van der Waals surface area contributed by atoms with Gasteiger partial charge in [-0.05, 0) is 42.6 Å². The first-order valence-corrected chi connectivity index (χ1v) is 6.54. The zero-order chi connectivity index (χ0) is 12.0. The largest absolute Gasteiger partial charge is 0.0991 e. The molecule has 1 aliphatic rings. The van der Waals surface area contributed by atoms with Crippen LogP contribution in [0, 0.1) is 11.3 Å². The number of allylic oxidation sites excluding steroid dienone is 4. The molecule has 90 valence electrons. The topological polar surface area (TPSA) is 0 Å². The maximum Gasteiger partial charge on any atom is -0.0162 e. The second kappa shape index (κ2) is 6.08. The second-order valence-electron chi connectivity index (χ2n) is 5.75. The Bertz CT molecular complexity index is 256. The third-order valence-electron chi connectivity index (χ3n) is 3.83. The highest BCUT2D eigenvalue weighted by Gasteiger charge is 2.22. The van der Waals surface area contributed by atoms with Gasteiger partial charge < -0.3 is 0 Å². The fourth-order valence-corrected chi connectivity index (χ4v) is 2.76. The lowest BCUT2D eigenvalue weighted by molar-refractivity contribution is 0.248. The summed E-state index contributed by atoms with van der Waals surface area (Å²) in [6, 6.07) is 0. The van der Waals surface area contributed by atoms with Crippen LogP contribution in [0.25, 0.3) is 0 Å². The zero-order valence-electron chi connectivity index (χ0n) is 11.0. The Morgan fingerprint density at radius 2 is 1.69 bits per heavy atom. The second-order valence-corrected chi connectivity index (χ2v) is 5.75. The molecule has 1 saturated carbocycles. The minimum absolute atomic E-state index is 0.557. The molecule has 0 nitrogen and oxygen atoms in total. The molecule has 0 atom stereocenters. The van der Waals surface area contributed by atoms with E-state index in [1.54, 1.807) is 0 Å². The quantitative estimate of drug-likeness (QED) is 0.565. The Labute approximate surface area is 101 Å². The molecule has 0 spiro atoms. The molecule has 0 unspecified atom stereocenters. The van der Waals surface area contributed by atoms with Crippen LogP contribution in [0.4, 0.5) is 0 Å². The van der Waals surface area contributed by atoms with Crippen LogP contribution >= 0.6 is 0 Å². The van der Waals surface area contributed by atoms with Crippen LogP contribution in [0.3, 0.4) is 0 Å². The smallest absolute Gasteiger partial charge is 0.0162 e. The van der Waals surface area contributed by atoms with Gasteiger partial charge in [-0.15, -0.1) is 0 Å². The van der Waals surface area contributed by atoms with Gasteiger partial charge in [0.15, 0.2) is 0 Å². The van der Waals surface area contributed by atoms with Crippen LogP contribution in [0.15, 0.2) is 37.0 Å². The Morgan fingerprint density at radius 3 is 2.12 bits per heavy atom. The van der Waals surface area contributed by atoms with Crippen molar-refractivity contribution < 1.29 is 0 Å². The van der Waals surface area contributed by atoms with E-state index < -0.39 is 0 Å². The summed E-state index contributed by atoms with van der Waals surface area (Å²) in [6.07, 6.45) is 14.1. The normalized spacial score (nSPS) is 23.2. The first kappa shape index (κ1) is 13.3. The molecular formula is C16H26. The number of hydrogen-bond acceptors (Lipinski definition) is 0. The maximum absolute atomic E-state index is 3.92. The highest BCUT2D eigenvalue weighted by atomic mass is 14.3. The summed E-state index contributed by atoms with van der Waals surface area (Å²) >= 11 is 0. The molecule has 0 aromatic heterocycles. The Balaban J connectivity index is 2.61. The highest BCUT2D eigenvalue weighted by molar-refractivity contribution is 5.24. The van der Waals surface area contributed by atoms with Crippen molar-refractivity contribution in [2.45, 2.75) is 52.4 Å². The molecule has 0 bridgehead atoms. The molecule has 0 saturated heterocycles. The Hall–Kier alpha value is -0.780. The van der Waals surface area contributed by atoms with Crippen molar-refractivity contribution in [3.63, 3.8) is 0 Å². The van der Waals surface area contributed by atoms with Gasteiger partial charge in [0.25, 0.3) is 0 Å². The molecular weight excluding hydrogens is 192 g/mol. The third-order valence-corrected chi connectivity index (χ3v) is 3.83. The van der Waals surface area contributed by atoms with E-state index in [1.165, 1.54) is 44.1 Å². The van der Waals surface area contributed by atoms with Crippen LogP contribution in [0.1, 0.15) is 52.4 Å². The average molecular weight is 218 g/mol. The van der Waals surface area contributed by atoms with Gasteiger partial charge in [0.2, 0.25) is 0 Å². The Kier molecular flexibility index (Phi) is 5.05. The molecule has 0 aromatic rings. The maximum atomic E-state index is 3.92. The summed E-state index contributed by atoms with van der Waals surface area (Å²) < 4.78 is 0. The zero-order valence-corrected chi connectivity index (χ0v) is 11.0. The molecule has 1 fully saturated rings. The van der Waals surface area contributed by atoms with Crippen molar-refractivity contribution in [3.05, 3.63) is 37.0 Å². The standard InChI is InChI=1S/C16H26/c1-5-9-14(6-2)15-10-7-12-16(3,4)13-8-11-15/h5-6,9,15H,1-2,7-8,10-13H2,3-4H3/b14-9+. The van der Waals surface area contributed by atoms with Crippen molar-refractivity contribution in [1.29, 1.82) is 0 Å². The van der Waals surface area contributed by atoms with Crippen molar-refractivity contribution >= 4 is 0 Å². The van der Waals surface area contributed by atoms with Gasteiger partial charge in [-0.1, -0.05) is 58.1 Å². The van der Waals surface area contributed by atoms with Gasteiger partial charge in [0.1, 0.15) is 0 Å². The van der Waals surface area contributed by atoms with Crippen LogP contribution < -0.4 is 0 Å². The molecule has 0 heterocycles. The van der Waals surface area contributed by atoms with E-state index in [0.29, 0.717) is 11.3 Å². The minimum atomic E-state index is 0.557. The Morgan fingerprint density at radius 1 is 1.12 bits per heavy atom. The molecule has 0 heteroatoms. The van der Waals surface area contributed by atoms with Gasteiger partial charge in [0.05, 0.1) is 0 Å². The van der Waals surface area contributed by atoms with Gasteiger partial charge in [0, 0.05) is 0 Å². The number of rotatable bonds is 3. The van der Waals surface area contributed by atoms with Crippen LogP contribution in [0.2, 0.25) is 0 Å². The summed E-state index contributed by atoms with van der Waals surface area (Å²) in [5.74, 6) is 0.714. The molecule has 16 heavy (non-hydrogen) atoms. The molecule has 0 N–H and O–H groups in total. The van der Waals surface area contributed by atoms with Crippen LogP contribution in [-0.4, -0.2) is 0 Å². The van der Waals surface area contributed by atoms with Gasteiger partial charge in [-0.3, -0.25) is 0 Å². The summed E-state index contributed by atoms with van der Waals surface area (Å²) in [5.41, 5.74) is 1.94. The van der Waals surface area contributed by atoms with Gasteiger partial charge >= 0.3 is 0 Å². The van der Waals surface area contributed by atoms with Gasteiger partial charge in [-0.25, -0.2) is 0 Å². The van der Waals surface area contributed by atoms with Crippen LogP contribution in [-0.2, 0) is 0 Å².